The summed E-state index contributed by atoms with van der Waals surface area (Å²) >= 11 is 0. The Morgan fingerprint density at radius 3 is 2.11 bits per heavy atom. The van der Waals surface area contributed by atoms with Crippen LogP contribution in [-0.4, -0.2) is 9.52 Å². The molecule has 2 fully saturated rings. The van der Waals surface area contributed by atoms with Gasteiger partial charge in [0.15, 0.2) is 0 Å². The average molecular weight is 138 g/mol. The molecule has 1 saturated carbocycles. The summed E-state index contributed by atoms with van der Waals surface area (Å²) in [5.74, 6) is 0. The maximum atomic E-state index is 1.59. The number of rotatable bonds is 0. The van der Waals surface area contributed by atoms with Crippen LogP contribution in [0.25, 0.3) is 0 Å². The summed E-state index contributed by atoms with van der Waals surface area (Å²) in [7, 11) is 1.31. The van der Waals surface area contributed by atoms with Crippen molar-refractivity contribution in [3.63, 3.8) is 0 Å². The molecule has 0 unspecified atom stereocenters. The standard InChI is InChI=1S/C8H14Si/c1-3-8(4-1)5-2-6-9-7-8/h1-7H2. The Kier molecular flexibility index (Phi) is 1.40. The topological polar surface area (TPSA) is 0 Å². The van der Waals surface area contributed by atoms with E-state index in [4.69, 9.17) is 0 Å². The van der Waals surface area contributed by atoms with Crippen molar-refractivity contribution in [3.05, 3.63) is 0 Å². The summed E-state index contributed by atoms with van der Waals surface area (Å²) in [4.78, 5) is 0. The second-order valence-corrected chi connectivity index (χ2v) is 4.99. The molecule has 0 bridgehead atoms. The molecule has 0 nitrogen and oxygen atoms in total. The molecule has 1 spiro atoms. The van der Waals surface area contributed by atoms with Crippen molar-refractivity contribution >= 4 is 9.52 Å². The number of hydrogen-bond acceptors (Lipinski definition) is 0. The van der Waals surface area contributed by atoms with E-state index in [1.54, 1.807) is 37.8 Å². The number of hydrogen-bond donors (Lipinski definition) is 0. The lowest BCUT2D eigenvalue weighted by atomic mass is 9.67. The SMILES string of the molecule is C1C[Si]CC2(C1)CCC2. The molecule has 2 aliphatic rings. The zero-order valence-corrected chi connectivity index (χ0v) is 6.95. The van der Waals surface area contributed by atoms with Crippen LogP contribution in [0.5, 0.6) is 0 Å². The minimum atomic E-state index is 0.913. The Hall–Kier alpha value is 0.217. The highest BCUT2D eigenvalue weighted by Gasteiger charge is 2.37. The molecule has 0 N–H and O–H groups in total. The van der Waals surface area contributed by atoms with E-state index in [1.165, 1.54) is 15.9 Å². The van der Waals surface area contributed by atoms with Gasteiger partial charge in [0.05, 0.1) is 0 Å². The first-order valence-electron chi connectivity index (χ1n) is 4.12. The van der Waals surface area contributed by atoms with E-state index < -0.39 is 0 Å². The molecular weight excluding hydrogens is 124 g/mol. The predicted octanol–water partition coefficient (Wildman–Crippen LogP) is 2.49. The van der Waals surface area contributed by atoms with E-state index in [9.17, 15) is 0 Å². The maximum absolute atomic E-state index is 1.59. The van der Waals surface area contributed by atoms with Crippen LogP contribution in [-0.2, 0) is 0 Å². The van der Waals surface area contributed by atoms with Crippen LogP contribution in [0.2, 0.25) is 12.1 Å². The predicted molar refractivity (Wildman–Crippen MR) is 40.9 cm³/mol. The molecule has 2 rings (SSSR count). The molecule has 0 aromatic carbocycles. The molecule has 0 aromatic heterocycles. The zero-order valence-electron chi connectivity index (χ0n) is 5.95. The van der Waals surface area contributed by atoms with E-state index in [-0.39, 0.29) is 0 Å². The fourth-order valence-electron chi connectivity index (χ4n) is 2.13. The van der Waals surface area contributed by atoms with Crippen molar-refractivity contribution in [2.45, 2.75) is 44.2 Å². The Labute approximate surface area is 59.9 Å². The van der Waals surface area contributed by atoms with Gasteiger partial charge in [-0.25, -0.2) is 0 Å². The van der Waals surface area contributed by atoms with Crippen molar-refractivity contribution in [3.8, 4) is 0 Å². The summed E-state index contributed by atoms with van der Waals surface area (Å²) in [6.07, 6.45) is 7.78. The summed E-state index contributed by atoms with van der Waals surface area (Å²) in [5, 5.41) is 0. The van der Waals surface area contributed by atoms with Crippen molar-refractivity contribution in [1.29, 1.82) is 0 Å². The highest BCUT2D eigenvalue weighted by molar-refractivity contribution is 6.36. The van der Waals surface area contributed by atoms with Gasteiger partial charge in [-0.2, -0.15) is 0 Å². The highest BCUT2D eigenvalue weighted by atomic mass is 28.2. The second-order valence-electron chi connectivity index (χ2n) is 3.63. The van der Waals surface area contributed by atoms with Crippen molar-refractivity contribution in [2.75, 3.05) is 0 Å². The molecule has 1 aliphatic heterocycles. The quantitative estimate of drug-likeness (QED) is 0.451. The van der Waals surface area contributed by atoms with E-state index in [1.807, 2.05) is 0 Å². The van der Waals surface area contributed by atoms with Crippen LogP contribution >= 0.6 is 0 Å². The molecule has 2 radical (unpaired) electrons. The Morgan fingerprint density at radius 2 is 1.78 bits per heavy atom. The Balaban J connectivity index is 1.93. The van der Waals surface area contributed by atoms with Gasteiger partial charge in [0.1, 0.15) is 0 Å². The van der Waals surface area contributed by atoms with Crippen molar-refractivity contribution in [2.24, 2.45) is 5.41 Å². The van der Waals surface area contributed by atoms with Gasteiger partial charge in [0, 0.05) is 9.52 Å². The normalized spacial score (nSPS) is 32.0. The van der Waals surface area contributed by atoms with Crippen LogP contribution in [0.4, 0.5) is 0 Å². The molecule has 1 saturated heterocycles. The van der Waals surface area contributed by atoms with Gasteiger partial charge in [-0.1, -0.05) is 24.9 Å². The van der Waals surface area contributed by atoms with Crippen molar-refractivity contribution in [1.82, 2.24) is 0 Å². The van der Waals surface area contributed by atoms with E-state index in [2.05, 4.69) is 0 Å². The van der Waals surface area contributed by atoms with Crippen LogP contribution in [0, 0.1) is 5.41 Å². The molecule has 0 atom stereocenters. The first-order chi connectivity index (χ1) is 4.41. The second kappa shape index (κ2) is 2.12. The average Bonchev–Trinajstić information content (AvgIpc) is 1.87. The van der Waals surface area contributed by atoms with Crippen molar-refractivity contribution < 1.29 is 0 Å². The van der Waals surface area contributed by atoms with Gasteiger partial charge in [0.25, 0.3) is 0 Å². The summed E-state index contributed by atoms with van der Waals surface area (Å²) in [6, 6.07) is 3.13. The molecule has 50 valence electrons. The molecular formula is C8H14Si. The summed E-state index contributed by atoms with van der Waals surface area (Å²) in [5.41, 5.74) is 0.913. The lowest BCUT2D eigenvalue weighted by Gasteiger charge is -2.44. The maximum Gasteiger partial charge on any atom is 0.0383 e. The van der Waals surface area contributed by atoms with Gasteiger partial charge >= 0.3 is 0 Å². The fourth-order valence-corrected chi connectivity index (χ4v) is 3.80. The summed E-state index contributed by atoms with van der Waals surface area (Å²) in [6.45, 7) is 0. The van der Waals surface area contributed by atoms with Crippen LogP contribution in [0.3, 0.4) is 0 Å². The first-order valence-corrected chi connectivity index (χ1v) is 5.54. The van der Waals surface area contributed by atoms with Gasteiger partial charge < -0.3 is 0 Å². The van der Waals surface area contributed by atoms with E-state index in [0.29, 0.717) is 0 Å². The van der Waals surface area contributed by atoms with E-state index >= 15 is 0 Å². The van der Waals surface area contributed by atoms with Gasteiger partial charge in [-0.3, -0.25) is 0 Å². The highest BCUT2D eigenvalue weighted by Crippen LogP contribution is 2.50. The molecule has 9 heavy (non-hydrogen) atoms. The molecule has 1 heterocycles. The minimum absolute atomic E-state index is 0.913. The monoisotopic (exact) mass is 138 g/mol. The molecule has 0 amide bonds. The van der Waals surface area contributed by atoms with Crippen LogP contribution < -0.4 is 0 Å². The zero-order chi connectivity index (χ0) is 6.16. The third-order valence-electron chi connectivity index (χ3n) is 2.97. The minimum Gasteiger partial charge on any atom is -0.0612 e. The third kappa shape index (κ3) is 0.957. The van der Waals surface area contributed by atoms with Crippen LogP contribution in [0.15, 0.2) is 0 Å². The first kappa shape index (κ1) is 5.96. The smallest absolute Gasteiger partial charge is 0.0383 e. The third-order valence-corrected chi connectivity index (χ3v) is 4.68. The Morgan fingerprint density at radius 1 is 1.00 bits per heavy atom. The van der Waals surface area contributed by atoms with E-state index in [0.717, 1.165) is 5.41 Å². The van der Waals surface area contributed by atoms with Gasteiger partial charge in [-0.15, -0.1) is 0 Å². The lowest BCUT2D eigenvalue weighted by molar-refractivity contribution is 0.138. The molecule has 1 aliphatic carbocycles. The fraction of sp³-hybridized carbons (Fsp3) is 1.00. The van der Waals surface area contributed by atoms with Crippen LogP contribution in [0.1, 0.15) is 32.1 Å². The molecule has 1 heteroatoms. The van der Waals surface area contributed by atoms with Gasteiger partial charge in [0.2, 0.25) is 0 Å². The largest absolute Gasteiger partial charge is 0.0612 e. The molecule has 0 aromatic rings. The lowest BCUT2D eigenvalue weighted by Crippen LogP contribution is -2.32. The summed E-state index contributed by atoms with van der Waals surface area (Å²) < 4.78 is 0. The van der Waals surface area contributed by atoms with Gasteiger partial charge in [-0.05, 0) is 24.7 Å². The Bertz CT molecular complexity index is 97.1.